The SMILES string of the molecule is Cc1cc(C)c(OCC(=O)c2cc(Br)sc2Br)c(C)c1. The van der Waals surface area contributed by atoms with Crippen molar-refractivity contribution in [2.24, 2.45) is 0 Å². The molecule has 2 rings (SSSR count). The van der Waals surface area contributed by atoms with Crippen LogP contribution in [-0.4, -0.2) is 12.4 Å². The van der Waals surface area contributed by atoms with Gasteiger partial charge in [0.1, 0.15) is 5.75 Å². The zero-order chi connectivity index (χ0) is 14.9. The summed E-state index contributed by atoms with van der Waals surface area (Å²) >= 11 is 8.25. The zero-order valence-electron chi connectivity index (χ0n) is 11.4. The van der Waals surface area contributed by atoms with E-state index >= 15 is 0 Å². The van der Waals surface area contributed by atoms with E-state index in [1.54, 1.807) is 0 Å². The van der Waals surface area contributed by atoms with Gasteiger partial charge in [-0.1, -0.05) is 17.7 Å². The summed E-state index contributed by atoms with van der Waals surface area (Å²) < 4.78 is 7.48. The summed E-state index contributed by atoms with van der Waals surface area (Å²) in [6, 6.07) is 5.93. The average molecular weight is 418 g/mol. The normalized spacial score (nSPS) is 10.7. The Morgan fingerprint density at radius 3 is 2.25 bits per heavy atom. The first-order chi connectivity index (χ1) is 9.38. The van der Waals surface area contributed by atoms with Gasteiger partial charge in [0.15, 0.2) is 6.61 Å². The Hall–Kier alpha value is -0.650. The Bertz CT molecular complexity index is 639. The molecule has 1 aromatic heterocycles. The van der Waals surface area contributed by atoms with Gasteiger partial charge in [-0.15, -0.1) is 11.3 Å². The van der Waals surface area contributed by atoms with Crippen LogP contribution in [0.2, 0.25) is 0 Å². The molecule has 0 aliphatic rings. The van der Waals surface area contributed by atoms with Crippen molar-refractivity contribution in [2.75, 3.05) is 6.61 Å². The molecule has 20 heavy (non-hydrogen) atoms. The molecular weight excluding hydrogens is 404 g/mol. The Morgan fingerprint density at radius 1 is 1.15 bits per heavy atom. The predicted octanol–water partition coefficient (Wildman–Crippen LogP) is 5.46. The Labute approximate surface area is 139 Å². The fourth-order valence-electron chi connectivity index (χ4n) is 2.14. The number of ketones is 1. The molecule has 0 aliphatic carbocycles. The summed E-state index contributed by atoms with van der Waals surface area (Å²) in [5.74, 6) is 0.771. The molecule has 2 aromatic rings. The number of hydrogen-bond acceptors (Lipinski definition) is 3. The summed E-state index contributed by atoms with van der Waals surface area (Å²) in [4.78, 5) is 12.2. The Morgan fingerprint density at radius 2 is 1.75 bits per heavy atom. The van der Waals surface area contributed by atoms with Gasteiger partial charge in [0, 0.05) is 5.56 Å². The minimum absolute atomic E-state index is 0.0294. The number of Topliss-reactive ketones (excluding diaryl/α,β-unsaturated/α-hetero) is 1. The lowest BCUT2D eigenvalue weighted by Crippen LogP contribution is -2.12. The van der Waals surface area contributed by atoms with Crippen LogP contribution in [0.25, 0.3) is 0 Å². The fraction of sp³-hybridized carbons (Fsp3) is 0.267. The molecule has 0 amide bonds. The van der Waals surface area contributed by atoms with E-state index in [1.165, 1.54) is 16.9 Å². The summed E-state index contributed by atoms with van der Waals surface area (Å²) in [5, 5.41) is 0. The second kappa shape index (κ2) is 6.41. The van der Waals surface area contributed by atoms with Crippen LogP contribution in [-0.2, 0) is 0 Å². The third-order valence-electron chi connectivity index (χ3n) is 2.91. The van der Waals surface area contributed by atoms with Crippen LogP contribution < -0.4 is 4.74 Å². The van der Waals surface area contributed by atoms with Crippen molar-refractivity contribution in [3.8, 4) is 5.75 Å². The first kappa shape index (κ1) is 15.7. The van der Waals surface area contributed by atoms with Gasteiger partial charge in [-0.05, 0) is 69.8 Å². The molecule has 0 atom stereocenters. The molecular formula is C15H14Br2O2S. The molecule has 1 heterocycles. The predicted molar refractivity (Wildman–Crippen MR) is 90.2 cm³/mol. The number of aryl methyl sites for hydroxylation is 3. The van der Waals surface area contributed by atoms with Gasteiger partial charge in [0.25, 0.3) is 0 Å². The van der Waals surface area contributed by atoms with Gasteiger partial charge in [-0.25, -0.2) is 0 Å². The van der Waals surface area contributed by atoms with Crippen LogP contribution in [0.3, 0.4) is 0 Å². The number of carbonyl (C=O) groups excluding carboxylic acids is 1. The number of hydrogen-bond donors (Lipinski definition) is 0. The van der Waals surface area contributed by atoms with Crippen LogP contribution in [0.15, 0.2) is 25.8 Å². The van der Waals surface area contributed by atoms with Crippen molar-refractivity contribution in [1.82, 2.24) is 0 Å². The number of thiophene rings is 1. The molecule has 106 valence electrons. The lowest BCUT2D eigenvalue weighted by atomic mass is 10.1. The molecule has 0 radical (unpaired) electrons. The van der Waals surface area contributed by atoms with Crippen LogP contribution in [0, 0.1) is 20.8 Å². The molecule has 0 saturated carbocycles. The fourth-order valence-corrected chi connectivity index (χ4v) is 5.00. The Balaban J connectivity index is 2.13. The van der Waals surface area contributed by atoms with Gasteiger partial charge in [-0.2, -0.15) is 0 Å². The number of halogens is 2. The van der Waals surface area contributed by atoms with Gasteiger partial charge in [0.2, 0.25) is 5.78 Å². The molecule has 0 unspecified atom stereocenters. The highest BCUT2D eigenvalue weighted by Crippen LogP contribution is 2.32. The van der Waals surface area contributed by atoms with E-state index < -0.39 is 0 Å². The van der Waals surface area contributed by atoms with Crippen molar-refractivity contribution in [3.05, 3.63) is 48.0 Å². The third-order valence-corrected chi connectivity index (χ3v) is 5.25. The summed E-state index contributed by atoms with van der Waals surface area (Å²) in [6.45, 7) is 6.09. The van der Waals surface area contributed by atoms with Crippen LogP contribution in [0.4, 0.5) is 0 Å². The maximum absolute atomic E-state index is 12.2. The molecule has 0 N–H and O–H groups in total. The molecule has 0 saturated heterocycles. The van der Waals surface area contributed by atoms with Crippen molar-refractivity contribution in [2.45, 2.75) is 20.8 Å². The summed E-state index contributed by atoms with van der Waals surface area (Å²) in [5.41, 5.74) is 3.97. The minimum Gasteiger partial charge on any atom is -0.485 e. The lowest BCUT2D eigenvalue weighted by Gasteiger charge is -2.12. The first-order valence-electron chi connectivity index (χ1n) is 6.07. The highest BCUT2D eigenvalue weighted by molar-refractivity contribution is 9.12. The van der Waals surface area contributed by atoms with Crippen molar-refractivity contribution in [1.29, 1.82) is 0 Å². The lowest BCUT2D eigenvalue weighted by molar-refractivity contribution is 0.0920. The average Bonchev–Trinajstić information content (AvgIpc) is 2.66. The molecule has 0 bridgehead atoms. The molecule has 5 heteroatoms. The first-order valence-corrected chi connectivity index (χ1v) is 8.47. The van der Waals surface area contributed by atoms with Gasteiger partial charge >= 0.3 is 0 Å². The van der Waals surface area contributed by atoms with E-state index in [1.807, 2.05) is 19.9 Å². The van der Waals surface area contributed by atoms with Gasteiger partial charge in [-0.3, -0.25) is 4.79 Å². The van der Waals surface area contributed by atoms with E-state index in [2.05, 4.69) is 50.9 Å². The number of benzene rings is 1. The van der Waals surface area contributed by atoms with Crippen LogP contribution in [0.1, 0.15) is 27.0 Å². The van der Waals surface area contributed by atoms with E-state index in [0.717, 1.165) is 24.4 Å². The maximum atomic E-state index is 12.2. The van der Waals surface area contributed by atoms with Gasteiger partial charge < -0.3 is 4.74 Å². The molecule has 1 aromatic carbocycles. The molecule has 0 aliphatic heterocycles. The van der Waals surface area contributed by atoms with Gasteiger partial charge in [0.05, 0.1) is 7.57 Å². The summed E-state index contributed by atoms with van der Waals surface area (Å²) in [6.07, 6.45) is 0. The van der Waals surface area contributed by atoms with Crippen molar-refractivity contribution < 1.29 is 9.53 Å². The van der Waals surface area contributed by atoms with Crippen LogP contribution in [0.5, 0.6) is 5.75 Å². The smallest absolute Gasteiger partial charge is 0.202 e. The second-order valence-electron chi connectivity index (χ2n) is 4.68. The number of rotatable bonds is 4. The van der Waals surface area contributed by atoms with E-state index in [9.17, 15) is 4.79 Å². The maximum Gasteiger partial charge on any atom is 0.202 e. The van der Waals surface area contributed by atoms with E-state index in [0.29, 0.717) is 5.56 Å². The standard InChI is InChI=1S/C15H14Br2O2S/c1-8-4-9(2)14(10(3)5-8)19-7-12(18)11-6-13(16)20-15(11)17/h4-6H,7H2,1-3H3. The number of ether oxygens (including phenoxy) is 1. The topological polar surface area (TPSA) is 26.3 Å². The van der Waals surface area contributed by atoms with E-state index in [-0.39, 0.29) is 12.4 Å². The van der Waals surface area contributed by atoms with E-state index in [4.69, 9.17) is 4.74 Å². The molecule has 2 nitrogen and oxygen atoms in total. The molecule has 0 fully saturated rings. The highest BCUT2D eigenvalue weighted by Gasteiger charge is 2.15. The number of carbonyl (C=O) groups is 1. The van der Waals surface area contributed by atoms with Crippen molar-refractivity contribution >= 4 is 49.0 Å². The van der Waals surface area contributed by atoms with Crippen molar-refractivity contribution in [3.63, 3.8) is 0 Å². The monoisotopic (exact) mass is 416 g/mol. The zero-order valence-corrected chi connectivity index (χ0v) is 15.4. The summed E-state index contributed by atoms with van der Waals surface area (Å²) in [7, 11) is 0. The quantitative estimate of drug-likeness (QED) is 0.617. The highest BCUT2D eigenvalue weighted by atomic mass is 79.9. The molecule has 0 spiro atoms. The largest absolute Gasteiger partial charge is 0.485 e. The minimum atomic E-state index is -0.0294. The Kier molecular flexibility index (Phi) is 5.04. The third kappa shape index (κ3) is 3.51. The van der Waals surface area contributed by atoms with Crippen LogP contribution >= 0.6 is 43.2 Å². The second-order valence-corrected chi connectivity index (χ2v) is 8.43.